The summed E-state index contributed by atoms with van der Waals surface area (Å²) in [5.41, 5.74) is -0.642. The van der Waals surface area contributed by atoms with E-state index in [4.69, 9.17) is 4.74 Å². The van der Waals surface area contributed by atoms with Gasteiger partial charge in [-0.25, -0.2) is 0 Å². The molecule has 1 heterocycles. The standard InChI is InChI=1S/C24H29F3N2O3/c1-15(2)14-20(30)17-10-11-21(16(3)22(17)31)32-13-7-6-12-23(24(25,26)27)28-18-8-4-5-9-19(18)29-23/h4-5,8-11,15,28-29,31H,6-7,12-14H2,1-3H3. The average molecular weight is 451 g/mol. The number of aromatic hydroxyl groups is 1. The van der Waals surface area contributed by atoms with Crippen molar-refractivity contribution in [3.63, 3.8) is 0 Å². The van der Waals surface area contributed by atoms with Crippen LogP contribution in [0.3, 0.4) is 0 Å². The Hall–Kier alpha value is -2.90. The summed E-state index contributed by atoms with van der Waals surface area (Å²) in [7, 11) is 0. The van der Waals surface area contributed by atoms with Crippen LogP contribution in [0.2, 0.25) is 0 Å². The zero-order valence-electron chi connectivity index (χ0n) is 18.5. The fourth-order valence-corrected chi connectivity index (χ4v) is 3.82. The second kappa shape index (κ2) is 9.30. The smallest absolute Gasteiger partial charge is 0.430 e. The Kier molecular flexibility index (Phi) is 6.91. The Balaban J connectivity index is 1.56. The lowest BCUT2D eigenvalue weighted by Gasteiger charge is -2.33. The predicted octanol–water partition coefficient (Wildman–Crippen LogP) is 6.27. The molecule has 0 spiro atoms. The van der Waals surface area contributed by atoms with Crippen LogP contribution < -0.4 is 15.4 Å². The third kappa shape index (κ3) is 4.95. The number of benzene rings is 2. The summed E-state index contributed by atoms with van der Waals surface area (Å²) in [6.45, 7) is 5.70. The fourth-order valence-electron chi connectivity index (χ4n) is 3.82. The van der Waals surface area contributed by atoms with E-state index in [0.29, 0.717) is 35.5 Å². The highest BCUT2D eigenvalue weighted by Crippen LogP contribution is 2.45. The summed E-state index contributed by atoms with van der Waals surface area (Å²) in [4.78, 5) is 12.3. The second-order valence-electron chi connectivity index (χ2n) is 8.61. The van der Waals surface area contributed by atoms with Gasteiger partial charge in [0.2, 0.25) is 5.66 Å². The van der Waals surface area contributed by atoms with Gasteiger partial charge >= 0.3 is 6.18 Å². The van der Waals surface area contributed by atoms with E-state index in [2.05, 4.69) is 10.6 Å². The number of ketones is 1. The Morgan fingerprint density at radius 1 is 1.09 bits per heavy atom. The van der Waals surface area contributed by atoms with Crippen molar-refractivity contribution < 1.29 is 27.8 Å². The SMILES string of the molecule is Cc1c(OCCCCC2(C(F)(F)F)Nc3ccccc3N2)ccc(C(=O)CC(C)C)c1O. The Morgan fingerprint density at radius 3 is 2.28 bits per heavy atom. The van der Waals surface area contributed by atoms with E-state index < -0.39 is 11.8 Å². The fraction of sp³-hybridized carbons (Fsp3) is 0.458. The van der Waals surface area contributed by atoms with Crippen LogP contribution in [-0.4, -0.2) is 29.3 Å². The van der Waals surface area contributed by atoms with Crippen LogP contribution in [0.15, 0.2) is 36.4 Å². The molecule has 0 amide bonds. The molecule has 0 aliphatic carbocycles. The molecule has 32 heavy (non-hydrogen) atoms. The lowest BCUT2D eigenvalue weighted by Crippen LogP contribution is -2.55. The first-order chi connectivity index (χ1) is 15.0. The normalized spacial score (nSPS) is 14.6. The van der Waals surface area contributed by atoms with E-state index in [1.165, 1.54) is 6.07 Å². The number of nitrogens with one attached hydrogen (secondary N) is 2. The summed E-state index contributed by atoms with van der Waals surface area (Å²) < 4.78 is 47.2. The topological polar surface area (TPSA) is 70.6 Å². The summed E-state index contributed by atoms with van der Waals surface area (Å²) in [5.74, 6) is 0.344. The van der Waals surface area contributed by atoms with E-state index in [1.54, 1.807) is 37.3 Å². The van der Waals surface area contributed by atoms with Gasteiger partial charge in [0.15, 0.2) is 5.78 Å². The molecule has 0 saturated heterocycles. The first-order valence-electron chi connectivity index (χ1n) is 10.7. The van der Waals surface area contributed by atoms with Gasteiger partial charge in [-0.05, 0) is 56.4 Å². The van der Waals surface area contributed by atoms with E-state index in [9.17, 15) is 23.1 Å². The number of phenols is 1. The van der Waals surface area contributed by atoms with Crippen LogP contribution in [0.1, 0.15) is 55.5 Å². The minimum absolute atomic E-state index is 0.110. The number of anilines is 2. The minimum atomic E-state index is -4.48. The van der Waals surface area contributed by atoms with Crippen LogP contribution >= 0.6 is 0 Å². The number of carbonyl (C=O) groups excluding carboxylic acids is 1. The second-order valence-corrected chi connectivity index (χ2v) is 8.61. The first kappa shape index (κ1) is 23.8. The van der Waals surface area contributed by atoms with Crippen LogP contribution in [0.4, 0.5) is 24.5 Å². The maximum Gasteiger partial charge on any atom is 0.430 e. The highest BCUT2D eigenvalue weighted by atomic mass is 19.4. The molecular formula is C24H29F3N2O3. The number of Topliss-reactive ketones (excluding diaryl/α,β-unsaturated/α-hetero) is 1. The Morgan fingerprint density at radius 2 is 1.72 bits per heavy atom. The van der Waals surface area contributed by atoms with Gasteiger partial charge in [-0.3, -0.25) is 4.79 Å². The zero-order valence-corrected chi connectivity index (χ0v) is 18.5. The van der Waals surface area contributed by atoms with Gasteiger partial charge < -0.3 is 20.5 Å². The molecule has 0 bridgehead atoms. The summed E-state index contributed by atoms with van der Waals surface area (Å²) in [5, 5.41) is 15.6. The van der Waals surface area contributed by atoms with Crippen molar-refractivity contribution in [3.05, 3.63) is 47.5 Å². The van der Waals surface area contributed by atoms with E-state index in [1.807, 2.05) is 13.8 Å². The number of hydrogen-bond acceptors (Lipinski definition) is 5. The minimum Gasteiger partial charge on any atom is -0.507 e. The quantitative estimate of drug-likeness (QED) is 0.310. The average Bonchev–Trinajstić information content (AvgIpc) is 3.10. The number of ether oxygens (including phenoxy) is 1. The number of fused-ring (bicyclic) bond motifs is 1. The Bertz CT molecular complexity index is 948. The highest BCUT2D eigenvalue weighted by Gasteiger charge is 2.57. The molecule has 3 N–H and O–H groups in total. The monoisotopic (exact) mass is 450 g/mol. The number of carbonyl (C=O) groups is 1. The Labute approximate surface area is 186 Å². The molecule has 0 atom stereocenters. The number of hydrogen-bond donors (Lipinski definition) is 3. The number of rotatable bonds is 9. The van der Waals surface area contributed by atoms with E-state index >= 15 is 0 Å². The maximum atomic E-state index is 13.8. The van der Waals surface area contributed by atoms with Crippen molar-refractivity contribution in [2.75, 3.05) is 17.2 Å². The van der Waals surface area contributed by atoms with Crippen LogP contribution in [0.5, 0.6) is 11.5 Å². The van der Waals surface area contributed by atoms with Gasteiger partial charge in [0.25, 0.3) is 0 Å². The highest BCUT2D eigenvalue weighted by molar-refractivity contribution is 5.99. The predicted molar refractivity (Wildman–Crippen MR) is 118 cm³/mol. The molecule has 0 aromatic heterocycles. The third-order valence-electron chi connectivity index (χ3n) is 5.59. The van der Waals surface area contributed by atoms with Gasteiger partial charge in [-0.15, -0.1) is 0 Å². The molecule has 174 valence electrons. The first-order valence-corrected chi connectivity index (χ1v) is 10.7. The molecule has 1 aliphatic heterocycles. The summed E-state index contributed by atoms with van der Waals surface area (Å²) in [6, 6.07) is 9.76. The third-order valence-corrected chi connectivity index (χ3v) is 5.59. The summed E-state index contributed by atoms with van der Waals surface area (Å²) in [6.07, 6.45) is -3.65. The lowest BCUT2D eigenvalue weighted by atomic mass is 9.98. The van der Waals surface area contributed by atoms with E-state index in [0.717, 1.165) is 0 Å². The van der Waals surface area contributed by atoms with Crippen LogP contribution in [-0.2, 0) is 0 Å². The van der Waals surface area contributed by atoms with Crippen LogP contribution in [0.25, 0.3) is 0 Å². The molecule has 0 saturated carbocycles. The van der Waals surface area contributed by atoms with Crippen molar-refractivity contribution in [1.29, 1.82) is 0 Å². The van der Waals surface area contributed by atoms with Crippen molar-refractivity contribution in [2.24, 2.45) is 5.92 Å². The van der Waals surface area contributed by atoms with E-state index in [-0.39, 0.29) is 42.5 Å². The molecule has 2 aromatic carbocycles. The van der Waals surface area contributed by atoms with Gasteiger partial charge in [0.1, 0.15) is 11.5 Å². The molecule has 0 fully saturated rings. The molecule has 0 unspecified atom stereocenters. The van der Waals surface area contributed by atoms with Crippen molar-refractivity contribution in [3.8, 4) is 11.5 Å². The van der Waals surface area contributed by atoms with Crippen molar-refractivity contribution in [1.82, 2.24) is 0 Å². The van der Waals surface area contributed by atoms with Gasteiger partial charge in [0, 0.05) is 12.0 Å². The molecular weight excluding hydrogens is 421 g/mol. The number of unbranched alkanes of at least 4 members (excludes halogenated alkanes) is 1. The number of para-hydroxylation sites is 2. The lowest BCUT2D eigenvalue weighted by molar-refractivity contribution is -0.171. The number of phenolic OH excluding ortho intramolecular Hbond substituents is 1. The molecule has 3 rings (SSSR count). The largest absolute Gasteiger partial charge is 0.507 e. The molecule has 1 aliphatic rings. The van der Waals surface area contributed by atoms with Gasteiger partial charge in [-0.1, -0.05) is 26.0 Å². The number of halogens is 3. The van der Waals surface area contributed by atoms with Crippen molar-refractivity contribution in [2.45, 2.75) is 58.3 Å². The maximum absolute atomic E-state index is 13.8. The zero-order chi connectivity index (χ0) is 23.5. The van der Waals surface area contributed by atoms with Gasteiger partial charge in [-0.2, -0.15) is 13.2 Å². The van der Waals surface area contributed by atoms with Gasteiger partial charge in [0.05, 0.1) is 23.5 Å². The summed E-state index contributed by atoms with van der Waals surface area (Å²) >= 11 is 0. The molecule has 5 nitrogen and oxygen atoms in total. The number of alkyl halides is 3. The van der Waals surface area contributed by atoms with Crippen molar-refractivity contribution >= 4 is 17.2 Å². The molecule has 2 aromatic rings. The molecule has 0 radical (unpaired) electrons. The molecule has 8 heteroatoms. The van der Waals surface area contributed by atoms with Crippen LogP contribution in [0, 0.1) is 12.8 Å².